The van der Waals surface area contributed by atoms with Crippen LogP contribution in [0.15, 0.2) is 5.38 Å². The first-order valence-corrected chi connectivity index (χ1v) is 7.40. The van der Waals surface area contributed by atoms with Gasteiger partial charge in [-0.15, -0.1) is 11.3 Å². The van der Waals surface area contributed by atoms with Crippen LogP contribution >= 0.6 is 11.3 Å². The van der Waals surface area contributed by atoms with Crippen LogP contribution in [0.5, 0.6) is 0 Å². The molecule has 0 aliphatic heterocycles. The zero-order valence-corrected chi connectivity index (χ0v) is 12.5. The number of aromatic nitrogens is 1. The molecule has 3 nitrogen and oxygen atoms in total. The minimum absolute atomic E-state index is 0.108. The molecule has 0 N–H and O–H groups in total. The van der Waals surface area contributed by atoms with Gasteiger partial charge in [-0.2, -0.15) is 0 Å². The fraction of sp³-hybridized carbons (Fsp3) is 0.714. The van der Waals surface area contributed by atoms with Crippen LogP contribution in [0.1, 0.15) is 37.4 Å². The molecule has 1 unspecified atom stereocenters. The monoisotopic (exact) mass is 266 g/mol. The first kappa shape index (κ1) is 13.7. The van der Waals surface area contributed by atoms with Gasteiger partial charge in [0.15, 0.2) is 0 Å². The van der Waals surface area contributed by atoms with E-state index >= 15 is 0 Å². The molecule has 1 atom stereocenters. The molecule has 1 fully saturated rings. The van der Waals surface area contributed by atoms with Crippen LogP contribution in [0, 0.1) is 18.3 Å². The van der Waals surface area contributed by atoms with Crippen molar-refractivity contribution in [2.75, 3.05) is 13.6 Å². The smallest absolute Gasteiger partial charge is 0.142 e. The minimum Gasteiger partial charge on any atom is -0.300 e. The number of nitrogens with zero attached hydrogens (tertiary/aromatic N) is 2. The van der Waals surface area contributed by atoms with Gasteiger partial charge in [0.2, 0.25) is 0 Å². The predicted molar refractivity (Wildman–Crippen MR) is 74.7 cm³/mol. The maximum Gasteiger partial charge on any atom is 0.142 e. The molecule has 1 heterocycles. The van der Waals surface area contributed by atoms with E-state index in [0.29, 0.717) is 5.78 Å². The van der Waals surface area contributed by atoms with Crippen molar-refractivity contribution in [3.63, 3.8) is 0 Å². The number of hydrogen-bond donors (Lipinski definition) is 0. The maximum absolute atomic E-state index is 12.2. The average molecular weight is 266 g/mol. The molecule has 100 valence electrons. The molecule has 1 aromatic rings. The van der Waals surface area contributed by atoms with Gasteiger partial charge in [-0.3, -0.25) is 9.69 Å². The number of hydrogen-bond acceptors (Lipinski definition) is 4. The summed E-state index contributed by atoms with van der Waals surface area (Å²) in [5.41, 5.74) is 1.01. The molecule has 0 amide bonds. The average Bonchev–Trinajstić information content (AvgIpc) is 2.78. The summed E-state index contributed by atoms with van der Waals surface area (Å²) >= 11 is 1.68. The second kappa shape index (κ2) is 5.10. The van der Waals surface area contributed by atoms with Gasteiger partial charge in [0.1, 0.15) is 5.78 Å². The molecule has 1 aliphatic rings. The molecule has 0 bridgehead atoms. The van der Waals surface area contributed by atoms with Crippen LogP contribution in [-0.2, 0) is 11.3 Å². The number of carbonyl (C=O) groups is 1. The van der Waals surface area contributed by atoms with Crippen molar-refractivity contribution < 1.29 is 4.79 Å². The summed E-state index contributed by atoms with van der Waals surface area (Å²) in [5, 5.41) is 3.21. The van der Waals surface area contributed by atoms with Crippen LogP contribution in [0.25, 0.3) is 0 Å². The lowest BCUT2D eigenvalue weighted by molar-refractivity contribution is -0.127. The number of rotatable bonds is 4. The zero-order valence-electron chi connectivity index (χ0n) is 11.7. The molecule has 1 saturated carbocycles. The van der Waals surface area contributed by atoms with Gasteiger partial charge in [-0.1, -0.05) is 13.8 Å². The van der Waals surface area contributed by atoms with Crippen LogP contribution in [0.3, 0.4) is 0 Å². The Morgan fingerprint density at radius 1 is 1.56 bits per heavy atom. The summed E-state index contributed by atoms with van der Waals surface area (Å²) in [4.78, 5) is 18.9. The van der Waals surface area contributed by atoms with Crippen molar-refractivity contribution in [2.45, 2.75) is 40.2 Å². The van der Waals surface area contributed by atoms with E-state index in [2.05, 4.69) is 36.2 Å². The SMILES string of the molecule is Cc1nc(CN(C)CC2CCC(C)(C)C2=O)cs1. The Bertz CT molecular complexity index is 439. The van der Waals surface area contributed by atoms with Gasteiger partial charge in [0.05, 0.1) is 10.7 Å². The van der Waals surface area contributed by atoms with E-state index in [1.54, 1.807) is 11.3 Å². The van der Waals surface area contributed by atoms with E-state index in [0.717, 1.165) is 36.6 Å². The molecule has 1 aliphatic carbocycles. The number of thiazole rings is 1. The minimum atomic E-state index is -0.108. The summed E-state index contributed by atoms with van der Waals surface area (Å²) < 4.78 is 0. The summed E-state index contributed by atoms with van der Waals surface area (Å²) in [6.07, 6.45) is 2.06. The fourth-order valence-electron chi connectivity index (χ4n) is 2.71. The highest BCUT2D eigenvalue weighted by atomic mass is 32.1. The van der Waals surface area contributed by atoms with E-state index < -0.39 is 0 Å². The topological polar surface area (TPSA) is 33.2 Å². The number of ketones is 1. The Balaban J connectivity index is 1.89. The van der Waals surface area contributed by atoms with Crippen LogP contribution < -0.4 is 0 Å². The molecule has 0 aromatic carbocycles. The number of aryl methyl sites for hydroxylation is 1. The van der Waals surface area contributed by atoms with E-state index in [1.807, 2.05) is 6.92 Å². The van der Waals surface area contributed by atoms with Gasteiger partial charge in [-0.05, 0) is 26.8 Å². The van der Waals surface area contributed by atoms with Crippen molar-refractivity contribution in [2.24, 2.45) is 11.3 Å². The normalized spacial score (nSPS) is 22.9. The molecule has 0 spiro atoms. The van der Waals surface area contributed by atoms with Crippen molar-refractivity contribution in [1.29, 1.82) is 0 Å². The van der Waals surface area contributed by atoms with E-state index in [1.165, 1.54) is 0 Å². The summed E-state index contributed by atoms with van der Waals surface area (Å²) in [7, 11) is 2.08. The van der Waals surface area contributed by atoms with Crippen LogP contribution in [0.4, 0.5) is 0 Å². The van der Waals surface area contributed by atoms with Crippen molar-refractivity contribution in [3.05, 3.63) is 16.1 Å². The van der Waals surface area contributed by atoms with E-state index in [4.69, 9.17) is 0 Å². The van der Waals surface area contributed by atoms with E-state index in [9.17, 15) is 4.79 Å². The molecular formula is C14H22N2OS. The van der Waals surface area contributed by atoms with Crippen molar-refractivity contribution in [3.8, 4) is 0 Å². The van der Waals surface area contributed by atoms with Crippen molar-refractivity contribution in [1.82, 2.24) is 9.88 Å². The lowest BCUT2D eigenvalue weighted by Gasteiger charge is -2.21. The Kier molecular flexibility index (Phi) is 3.87. The van der Waals surface area contributed by atoms with Gasteiger partial charge in [-0.25, -0.2) is 4.98 Å². The highest BCUT2D eigenvalue weighted by molar-refractivity contribution is 7.09. The predicted octanol–water partition coefficient (Wildman–Crippen LogP) is 2.89. The zero-order chi connectivity index (χ0) is 13.3. The molecule has 0 saturated heterocycles. The quantitative estimate of drug-likeness (QED) is 0.840. The van der Waals surface area contributed by atoms with Crippen LogP contribution in [0.2, 0.25) is 0 Å². The van der Waals surface area contributed by atoms with E-state index in [-0.39, 0.29) is 11.3 Å². The van der Waals surface area contributed by atoms with Gasteiger partial charge in [0, 0.05) is 29.8 Å². The summed E-state index contributed by atoms with van der Waals surface area (Å²) in [6, 6.07) is 0. The third-order valence-electron chi connectivity index (χ3n) is 3.79. The molecule has 0 radical (unpaired) electrons. The number of carbonyl (C=O) groups excluding carboxylic acids is 1. The molecule has 1 aromatic heterocycles. The first-order chi connectivity index (χ1) is 8.38. The standard InChI is InChI=1S/C14H22N2OS/c1-10-15-12(9-18-10)8-16(4)7-11-5-6-14(2,3)13(11)17/h9,11H,5-8H2,1-4H3. The van der Waals surface area contributed by atoms with Crippen molar-refractivity contribution >= 4 is 17.1 Å². The second-order valence-corrected chi connectivity index (χ2v) is 7.10. The third kappa shape index (κ3) is 2.98. The molecule has 4 heteroatoms. The highest BCUT2D eigenvalue weighted by Crippen LogP contribution is 2.37. The first-order valence-electron chi connectivity index (χ1n) is 6.52. The Labute approximate surface area is 113 Å². The maximum atomic E-state index is 12.2. The highest BCUT2D eigenvalue weighted by Gasteiger charge is 2.40. The Morgan fingerprint density at radius 2 is 2.28 bits per heavy atom. The Hall–Kier alpha value is -0.740. The Morgan fingerprint density at radius 3 is 2.78 bits per heavy atom. The number of Topliss-reactive ketones (excluding diaryl/α,β-unsaturated/α-hetero) is 1. The van der Waals surface area contributed by atoms with Crippen LogP contribution in [-0.4, -0.2) is 29.3 Å². The van der Waals surface area contributed by atoms with Gasteiger partial charge in [0.25, 0.3) is 0 Å². The second-order valence-electron chi connectivity index (χ2n) is 6.04. The third-order valence-corrected chi connectivity index (χ3v) is 4.61. The lowest BCUT2D eigenvalue weighted by atomic mass is 9.89. The lowest BCUT2D eigenvalue weighted by Crippen LogP contribution is -2.31. The molecule has 2 rings (SSSR count). The van der Waals surface area contributed by atoms with Gasteiger partial charge >= 0.3 is 0 Å². The summed E-state index contributed by atoms with van der Waals surface area (Å²) in [5.74, 6) is 0.647. The van der Waals surface area contributed by atoms with Gasteiger partial charge < -0.3 is 0 Å². The summed E-state index contributed by atoms with van der Waals surface area (Å²) in [6.45, 7) is 7.86. The molecule has 18 heavy (non-hydrogen) atoms. The largest absolute Gasteiger partial charge is 0.300 e. The molecular weight excluding hydrogens is 244 g/mol. The fourth-order valence-corrected chi connectivity index (χ4v) is 3.32.